The van der Waals surface area contributed by atoms with Gasteiger partial charge in [0.15, 0.2) is 0 Å². The molecule has 3 N–H and O–H groups in total. The zero-order chi connectivity index (χ0) is 19.1. The molecule has 0 aliphatic heterocycles. The SMILES string of the molecule is CC(C)(O)C1CCc2c(S(=O)(=O)Nc3ccc(C#N)cc3F)c[nH]c2C1. The second-order valence-corrected chi connectivity index (χ2v) is 8.77. The van der Waals surface area contributed by atoms with Crippen LogP contribution in [0, 0.1) is 23.1 Å². The third-order valence-corrected chi connectivity index (χ3v) is 6.30. The number of fused-ring (bicyclic) bond motifs is 1. The number of nitrogens with zero attached hydrogens (tertiary/aromatic N) is 1. The lowest BCUT2D eigenvalue weighted by Crippen LogP contribution is -2.35. The predicted octanol–water partition coefficient (Wildman–Crippen LogP) is 2.70. The number of anilines is 1. The number of sulfonamides is 1. The van der Waals surface area contributed by atoms with Crippen molar-refractivity contribution in [2.75, 3.05) is 4.72 Å². The van der Waals surface area contributed by atoms with Crippen molar-refractivity contribution >= 4 is 15.7 Å². The molecule has 2 aromatic rings. The average molecular weight is 377 g/mol. The molecule has 1 heterocycles. The highest BCUT2D eigenvalue weighted by molar-refractivity contribution is 7.92. The van der Waals surface area contributed by atoms with Crippen LogP contribution in [0.1, 0.15) is 37.1 Å². The number of hydrogen-bond acceptors (Lipinski definition) is 4. The zero-order valence-electron chi connectivity index (χ0n) is 14.5. The second kappa shape index (κ2) is 6.41. The Morgan fingerprint density at radius 3 is 2.77 bits per heavy atom. The van der Waals surface area contributed by atoms with Crippen LogP contribution in [0.25, 0.3) is 0 Å². The van der Waals surface area contributed by atoms with Crippen molar-refractivity contribution in [1.29, 1.82) is 5.26 Å². The first-order valence-corrected chi connectivity index (χ1v) is 9.74. The summed E-state index contributed by atoms with van der Waals surface area (Å²) in [5, 5.41) is 19.0. The van der Waals surface area contributed by atoms with E-state index in [9.17, 15) is 17.9 Å². The predicted molar refractivity (Wildman–Crippen MR) is 94.5 cm³/mol. The minimum atomic E-state index is -3.97. The number of rotatable bonds is 4. The van der Waals surface area contributed by atoms with E-state index < -0.39 is 21.4 Å². The van der Waals surface area contributed by atoms with Crippen molar-refractivity contribution in [3.8, 4) is 6.07 Å². The molecule has 8 heteroatoms. The molecule has 0 bridgehead atoms. The molecule has 1 aliphatic rings. The van der Waals surface area contributed by atoms with Crippen molar-refractivity contribution in [3.05, 3.63) is 47.0 Å². The Kier molecular flexibility index (Phi) is 4.54. The molecule has 1 atom stereocenters. The number of aromatic nitrogens is 1. The summed E-state index contributed by atoms with van der Waals surface area (Å²) in [4.78, 5) is 3.07. The van der Waals surface area contributed by atoms with Crippen LogP contribution in [0.3, 0.4) is 0 Å². The van der Waals surface area contributed by atoms with Crippen LogP contribution in [0.2, 0.25) is 0 Å². The van der Waals surface area contributed by atoms with Gasteiger partial charge in [0.2, 0.25) is 0 Å². The topological polar surface area (TPSA) is 106 Å². The zero-order valence-corrected chi connectivity index (χ0v) is 15.3. The molecule has 138 valence electrons. The molecule has 6 nitrogen and oxygen atoms in total. The van der Waals surface area contributed by atoms with Crippen molar-refractivity contribution in [1.82, 2.24) is 4.98 Å². The van der Waals surface area contributed by atoms with Crippen LogP contribution in [-0.4, -0.2) is 24.1 Å². The highest BCUT2D eigenvalue weighted by Gasteiger charge is 2.34. The van der Waals surface area contributed by atoms with Gasteiger partial charge in [-0.25, -0.2) is 12.8 Å². The lowest BCUT2D eigenvalue weighted by molar-refractivity contribution is 0.0105. The van der Waals surface area contributed by atoms with Crippen LogP contribution in [-0.2, 0) is 22.9 Å². The molecule has 0 radical (unpaired) electrons. The molecule has 0 saturated carbocycles. The Hall–Kier alpha value is -2.37. The fraction of sp³-hybridized carbons (Fsp3) is 0.389. The van der Waals surface area contributed by atoms with E-state index in [4.69, 9.17) is 5.26 Å². The Balaban J connectivity index is 1.89. The minimum Gasteiger partial charge on any atom is -0.390 e. The van der Waals surface area contributed by atoms with Crippen molar-refractivity contribution in [3.63, 3.8) is 0 Å². The number of aromatic amines is 1. The summed E-state index contributed by atoms with van der Waals surface area (Å²) in [5.74, 6) is -0.771. The molecule has 1 aromatic heterocycles. The van der Waals surface area contributed by atoms with Crippen LogP contribution >= 0.6 is 0 Å². The highest BCUT2D eigenvalue weighted by atomic mass is 32.2. The highest BCUT2D eigenvalue weighted by Crippen LogP contribution is 2.35. The second-order valence-electron chi connectivity index (χ2n) is 7.12. The largest absolute Gasteiger partial charge is 0.390 e. The molecule has 1 aromatic carbocycles. The van der Waals surface area contributed by atoms with Gasteiger partial charge in [-0.15, -0.1) is 0 Å². The van der Waals surface area contributed by atoms with Crippen LogP contribution < -0.4 is 4.72 Å². The number of benzene rings is 1. The molecule has 0 fully saturated rings. The lowest BCUT2D eigenvalue weighted by Gasteiger charge is -2.32. The Labute approximate surface area is 151 Å². The quantitative estimate of drug-likeness (QED) is 0.762. The molecular weight excluding hydrogens is 357 g/mol. The number of halogens is 1. The molecule has 1 unspecified atom stereocenters. The van der Waals surface area contributed by atoms with Gasteiger partial charge in [0.25, 0.3) is 10.0 Å². The minimum absolute atomic E-state index is 0.0353. The monoisotopic (exact) mass is 377 g/mol. The van der Waals surface area contributed by atoms with E-state index in [2.05, 4.69) is 9.71 Å². The lowest BCUT2D eigenvalue weighted by atomic mass is 9.78. The van der Waals surface area contributed by atoms with E-state index in [0.717, 1.165) is 11.8 Å². The van der Waals surface area contributed by atoms with Gasteiger partial charge in [0, 0.05) is 11.9 Å². The van der Waals surface area contributed by atoms with Crippen LogP contribution in [0.5, 0.6) is 0 Å². The Morgan fingerprint density at radius 2 is 2.15 bits per heavy atom. The summed E-state index contributed by atoms with van der Waals surface area (Å²) in [7, 11) is -3.97. The first kappa shape index (κ1) is 18.4. The molecule has 26 heavy (non-hydrogen) atoms. The third-order valence-electron chi connectivity index (χ3n) is 4.86. The fourth-order valence-electron chi connectivity index (χ4n) is 3.31. The van der Waals surface area contributed by atoms with Gasteiger partial charge < -0.3 is 10.1 Å². The van der Waals surface area contributed by atoms with Gasteiger partial charge in [-0.05, 0) is 62.8 Å². The van der Waals surface area contributed by atoms with Gasteiger partial charge in [-0.1, -0.05) is 0 Å². The maximum absolute atomic E-state index is 14.0. The van der Waals surface area contributed by atoms with E-state index >= 15 is 0 Å². The normalized spacial score (nSPS) is 17.4. The van der Waals surface area contributed by atoms with Gasteiger partial charge in [-0.2, -0.15) is 5.26 Å². The summed E-state index contributed by atoms with van der Waals surface area (Å²) in [6, 6.07) is 5.36. The first-order chi connectivity index (χ1) is 12.1. The maximum Gasteiger partial charge on any atom is 0.263 e. The van der Waals surface area contributed by atoms with E-state index in [0.29, 0.717) is 24.8 Å². The third kappa shape index (κ3) is 3.45. The summed E-state index contributed by atoms with van der Waals surface area (Å²) >= 11 is 0. The molecule has 0 amide bonds. The number of hydrogen-bond donors (Lipinski definition) is 3. The first-order valence-electron chi connectivity index (χ1n) is 8.26. The summed E-state index contributed by atoms with van der Waals surface area (Å²) in [6.07, 6.45) is 3.14. The molecule has 3 rings (SSSR count). The average Bonchev–Trinajstić information content (AvgIpc) is 2.99. The standard InChI is InChI=1S/C18H20FN3O3S/c1-18(2,23)12-4-5-13-16(8-12)21-10-17(13)26(24,25)22-15-6-3-11(9-20)7-14(15)19/h3,6-7,10,12,21-23H,4-5,8H2,1-2H3. The van der Waals surface area contributed by atoms with E-state index in [-0.39, 0.29) is 22.1 Å². The number of aliphatic hydroxyl groups is 1. The van der Waals surface area contributed by atoms with E-state index in [1.165, 1.54) is 18.3 Å². The number of nitrogens with one attached hydrogen (secondary N) is 2. The fourth-order valence-corrected chi connectivity index (χ4v) is 4.64. The van der Waals surface area contributed by atoms with Crippen molar-refractivity contribution < 1.29 is 17.9 Å². The van der Waals surface area contributed by atoms with Crippen molar-refractivity contribution in [2.45, 2.75) is 43.6 Å². The van der Waals surface area contributed by atoms with Gasteiger partial charge in [0.05, 0.1) is 22.9 Å². The smallest absolute Gasteiger partial charge is 0.263 e. The van der Waals surface area contributed by atoms with E-state index in [1.54, 1.807) is 19.9 Å². The number of nitriles is 1. The Bertz CT molecular complexity index is 984. The summed E-state index contributed by atoms with van der Waals surface area (Å²) in [5.41, 5.74) is 0.522. The van der Waals surface area contributed by atoms with Gasteiger partial charge in [0.1, 0.15) is 10.7 Å². The molecule has 1 aliphatic carbocycles. The van der Waals surface area contributed by atoms with Crippen LogP contribution in [0.15, 0.2) is 29.3 Å². The Morgan fingerprint density at radius 1 is 1.42 bits per heavy atom. The van der Waals surface area contributed by atoms with Gasteiger partial charge >= 0.3 is 0 Å². The number of H-pyrrole nitrogens is 1. The van der Waals surface area contributed by atoms with Gasteiger partial charge in [-0.3, -0.25) is 4.72 Å². The molecular formula is C18H20FN3O3S. The summed E-state index contributed by atoms with van der Waals surface area (Å²) < 4.78 is 41.7. The maximum atomic E-state index is 14.0. The molecule has 0 saturated heterocycles. The van der Waals surface area contributed by atoms with Crippen LogP contribution in [0.4, 0.5) is 10.1 Å². The van der Waals surface area contributed by atoms with Crippen molar-refractivity contribution in [2.24, 2.45) is 5.92 Å². The molecule has 0 spiro atoms. The van der Waals surface area contributed by atoms with E-state index in [1.807, 2.05) is 0 Å². The summed E-state index contributed by atoms with van der Waals surface area (Å²) in [6.45, 7) is 3.50.